The van der Waals surface area contributed by atoms with Gasteiger partial charge in [-0.1, -0.05) is 19.1 Å². The maximum absolute atomic E-state index is 10.3. The first kappa shape index (κ1) is 10.4. The highest BCUT2D eigenvalue weighted by atomic mass is 16.3. The normalized spacial score (nSPS) is 30.7. The summed E-state index contributed by atoms with van der Waals surface area (Å²) in [5, 5.41) is 10.3. The number of hydrogen-bond donors (Lipinski definition) is 1. The fraction of sp³-hybridized carbons (Fsp3) is 0.583. The van der Waals surface area contributed by atoms with Crippen molar-refractivity contribution in [3.05, 3.63) is 30.4 Å². The summed E-state index contributed by atoms with van der Waals surface area (Å²) in [6.07, 6.45) is 10.2. The SMILES string of the molecule is CC1C=CC(O)(Cc2nccn2C)CC1. The summed E-state index contributed by atoms with van der Waals surface area (Å²) >= 11 is 0. The molecule has 2 unspecified atom stereocenters. The van der Waals surface area contributed by atoms with Crippen molar-refractivity contribution in [1.82, 2.24) is 9.55 Å². The van der Waals surface area contributed by atoms with Gasteiger partial charge in [-0.05, 0) is 18.8 Å². The van der Waals surface area contributed by atoms with Gasteiger partial charge in [0.15, 0.2) is 0 Å². The van der Waals surface area contributed by atoms with Crippen LogP contribution in [-0.4, -0.2) is 20.3 Å². The van der Waals surface area contributed by atoms with Crippen LogP contribution in [0.25, 0.3) is 0 Å². The van der Waals surface area contributed by atoms with E-state index in [0.29, 0.717) is 12.3 Å². The van der Waals surface area contributed by atoms with Crippen LogP contribution in [0.3, 0.4) is 0 Å². The Morgan fingerprint density at radius 1 is 1.67 bits per heavy atom. The molecule has 0 spiro atoms. The van der Waals surface area contributed by atoms with E-state index in [4.69, 9.17) is 0 Å². The van der Waals surface area contributed by atoms with Gasteiger partial charge in [0.1, 0.15) is 5.82 Å². The van der Waals surface area contributed by atoms with Crippen LogP contribution in [0.1, 0.15) is 25.6 Å². The third-order valence-corrected chi connectivity index (χ3v) is 3.15. The minimum absolute atomic E-state index is 0.589. The first-order chi connectivity index (χ1) is 7.09. The van der Waals surface area contributed by atoms with Gasteiger partial charge in [0.2, 0.25) is 0 Å². The second-order valence-electron chi connectivity index (χ2n) is 4.61. The zero-order chi connectivity index (χ0) is 10.9. The van der Waals surface area contributed by atoms with Crippen LogP contribution >= 0.6 is 0 Å². The molecule has 0 saturated heterocycles. The quantitative estimate of drug-likeness (QED) is 0.748. The van der Waals surface area contributed by atoms with Crippen LogP contribution in [0.15, 0.2) is 24.5 Å². The first-order valence-corrected chi connectivity index (χ1v) is 5.47. The van der Waals surface area contributed by atoms with Crippen molar-refractivity contribution in [1.29, 1.82) is 0 Å². The van der Waals surface area contributed by atoms with Crippen molar-refractivity contribution in [3.63, 3.8) is 0 Å². The van der Waals surface area contributed by atoms with E-state index >= 15 is 0 Å². The zero-order valence-corrected chi connectivity index (χ0v) is 9.35. The average Bonchev–Trinajstić information content (AvgIpc) is 2.58. The molecule has 0 amide bonds. The largest absolute Gasteiger partial charge is 0.385 e. The van der Waals surface area contributed by atoms with Gasteiger partial charge in [-0.25, -0.2) is 4.98 Å². The molecule has 2 rings (SSSR count). The Hall–Kier alpha value is -1.09. The summed E-state index contributed by atoms with van der Waals surface area (Å²) < 4.78 is 1.96. The topological polar surface area (TPSA) is 38.1 Å². The molecule has 1 aromatic heterocycles. The molecule has 0 aliphatic heterocycles. The maximum Gasteiger partial charge on any atom is 0.111 e. The molecule has 2 atom stereocenters. The van der Waals surface area contributed by atoms with Gasteiger partial charge in [-0.3, -0.25) is 0 Å². The van der Waals surface area contributed by atoms with E-state index in [1.807, 2.05) is 23.9 Å². The molecule has 0 aromatic carbocycles. The van der Waals surface area contributed by atoms with E-state index in [1.54, 1.807) is 6.20 Å². The van der Waals surface area contributed by atoms with E-state index in [2.05, 4.69) is 18.0 Å². The van der Waals surface area contributed by atoms with Crippen LogP contribution in [-0.2, 0) is 13.5 Å². The molecule has 0 saturated carbocycles. The molecular formula is C12H18N2O. The standard InChI is InChI=1S/C12H18N2O/c1-10-3-5-12(15,6-4-10)9-11-13-7-8-14(11)2/h3,5,7-8,10,15H,4,6,9H2,1-2H3. The Morgan fingerprint density at radius 3 is 3.00 bits per heavy atom. The molecule has 1 heterocycles. The average molecular weight is 206 g/mol. The Kier molecular flexibility index (Phi) is 2.65. The number of imidazole rings is 1. The van der Waals surface area contributed by atoms with Crippen LogP contribution in [0, 0.1) is 5.92 Å². The smallest absolute Gasteiger partial charge is 0.111 e. The van der Waals surface area contributed by atoms with E-state index in [9.17, 15) is 5.11 Å². The van der Waals surface area contributed by atoms with Crippen LogP contribution in [0.4, 0.5) is 0 Å². The van der Waals surface area contributed by atoms with Gasteiger partial charge in [0.05, 0.1) is 5.60 Å². The number of allylic oxidation sites excluding steroid dienone is 1. The molecule has 3 nitrogen and oxygen atoms in total. The van der Waals surface area contributed by atoms with Crippen LogP contribution in [0.5, 0.6) is 0 Å². The van der Waals surface area contributed by atoms with Gasteiger partial charge in [-0.2, -0.15) is 0 Å². The molecule has 3 heteroatoms. The molecule has 0 bridgehead atoms. The summed E-state index contributed by atoms with van der Waals surface area (Å²) in [7, 11) is 1.96. The molecule has 1 aliphatic rings. The summed E-state index contributed by atoms with van der Waals surface area (Å²) in [5.41, 5.74) is -0.689. The fourth-order valence-electron chi connectivity index (χ4n) is 1.99. The van der Waals surface area contributed by atoms with E-state index in [-0.39, 0.29) is 0 Å². The monoisotopic (exact) mass is 206 g/mol. The Morgan fingerprint density at radius 2 is 2.47 bits per heavy atom. The highest BCUT2D eigenvalue weighted by molar-refractivity contribution is 5.11. The summed E-state index contributed by atoms with van der Waals surface area (Å²) in [4.78, 5) is 4.24. The van der Waals surface area contributed by atoms with Crippen molar-refractivity contribution in [3.8, 4) is 0 Å². The lowest BCUT2D eigenvalue weighted by Crippen LogP contribution is -2.33. The number of aryl methyl sites for hydroxylation is 1. The van der Waals surface area contributed by atoms with Gasteiger partial charge in [0.25, 0.3) is 0 Å². The molecule has 15 heavy (non-hydrogen) atoms. The molecule has 1 aliphatic carbocycles. The summed E-state index contributed by atoms with van der Waals surface area (Å²) in [6, 6.07) is 0. The second-order valence-corrected chi connectivity index (χ2v) is 4.61. The Labute approximate surface area is 90.5 Å². The Balaban J connectivity index is 2.12. The number of rotatable bonds is 2. The van der Waals surface area contributed by atoms with Crippen molar-refractivity contribution in [2.45, 2.75) is 31.8 Å². The second kappa shape index (κ2) is 3.81. The van der Waals surface area contributed by atoms with E-state index in [1.165, 1.54) is 0 Å². The van der Waals surface area contributed by atoms with Crippen molar-refractivity contribution in [2.24, 2.45) is 13.0 Å². The minimum Gasteiger partial charge on any atom is -0.385 e. The van der Waals surface area contributed by atoms with Gasteiger partial charge in [-0.15, -0.1) is 0 Å². The molecule has 0 fully saturated rings. The lowest BCUT2D eigenvalue weighted by atomic mass is 9.84. The molecule has 1 aromatic rings. The highest BCUT2D eigenvalue weighted by Crippen LogP contribution is 2.28. The fourth-order valence-corrected chi connectivity index (χ4v) is 1.99. The number of aliphatic hydroxyl groups is 1. The van der Waals surface area contributed by atoms with Gasteiger partial charge in [0, 0.05) is 25.9 Å². The first-order valence-electron chi connectivity index (χ1n) is 5.47. The number of nitrogens with zero attached hydrogens (tertiary/aromatic N) is 2. The van der Waals surface area contributed by atoms with E-state index < -0.39 is 5.60 Å². The third kappa shape index (κ3) is 2.29. The third-order valence-electron chi connectivity index (χ3n) is 3.15. The lowest BCUT2D eigenvalue weighted by molar-refractivity contribution is 0.0673. The van der Waals surface area contributed by atoms with Crippen molar-refractivity contribution < 1.29 is 5.11 Å². The highest BCUT2D eigenvalue weighted by Gasteiger charge is 2.28. The summed E-state index contributed by atoms with van der Waals surface area (Å²) in [6.45, 7) is 2.18. The predicted molar refractivity (Wildman–Crippen MR) is 59.4 cm³/mol. The van der Waals surface area contributed by atoms with Crippen molar-refractivity contribution >= 4 is 0 Å². The van der Waals surface area contributed by atoms with Crippen molar-refractivity contribution in [2.75, 3.05) is 0 Å². The van der Waals surface area contributed by atoms with Crippen LogP contribution < -0.4 is 0 Å². The van der Waals surface area contributed by atoms with E-state index in [0.717, 1.165) is 18.7 Å². The Bertz CT molecular complexity index is 369. The van der Waals surface area contributed by atoms with Gasteiger partial charge >= 0.3 is 0 Å². The molecular weight excluding hydrogens is 188 g/mol. The molecule has 82 valence electrons. The minimum atomic E-state index is -0.689. The maximum atomic E-state index is 10.3. The van der Waals surface area contributed by atoms with Gasteiger partial charge < -0.3 is 9.67 Å². The molecule has 1 N–H and O–H groups in total. The lowest BCUT2D eigenvalue weighted by Gasteiger charge is -2.29. The van der Waals surface area contributed by atoms with Crippen LogP contribution in [0.2, 0.25) is 0 Å². The number of aromatic nitrogens is 2. The predicted octanol–water partition coefficient (Wildman–Crippen LogP) is 1.68. The summed E-state index contributed by atoms with van der Waals surface area (Å²) in [5.74, 6) is 1.53. The molecule has 0 radical (unpaired) electrons. The number of hydrogen-bond acceptors (Lipinski definition) is 2. The zero-order valence-electron chi connectivity index (χ0n) is 9.35.